The number of benzene rings is 1. The summed E-state index contributed by atoms with van der Waals surface area (Å²) < 4.78 is 1.75. The molecule has 1 atom stereocenters. The van der Waals surface area contributed by atoms with Crippen LogP contribution in [0.25, 0.3) is 0 Å². The molecule has 3 rings (SSSR count). The molecule has 4 N–H and O–H groups in total. The smallest absolute Gasteiger partial charge is 0.275 e. The number of imidazole rings is 1. The Kier molecular flexibility index (Phi) is 2.69. The third-order valence-electron chi connectivity index (χ3n) is 2.84. The van der Waals surface area contributed by atoms with Gasteiger partial charge in [-0.1, -0.05) is 41.9 Å². The zero-order valence-corrected chi connectivity index (χ0v) is 10.7. The molecule has 1 amide bonds. The number of carbonyl (C=O) groups is 1. The molecule has 98 valence electrons. The molecule has 2 heterocycles. The van der Waals surface area contributed by atoms with Crippen molar-refractivity contribution in [2.24, 2.45) is 5.73 Å². The molecule has 6 nitrogen and oxygen atoms in total. The number of nitrogens with zero attached hydrogens (tertiary/aromatic N) is 2. The molecule has 1 aliphatic heterocycles. The molecule has 1 aliphatic rings. The van der Waals surface area contributed by atoms with Crippen LogP contribution in [0.15, 0.2) is 36.7 Å². The number of hydrogen-bond donors (Lipinski definition) is 3. The van der Waals surface area contributed by atoms with Gasteiger partial charge in [0.05, 0.1) is 6.33 Å². The van der Waals surface area contributed by atoms with Crippen LogP contribution in [0.4, 0.5) is 5.82 Å². The maximum Gasteiger partial charge on any atom is 0.275 e. The molecule has 0 fully saturated rings. The van der Waals surface area contributed by atoms with Crippen molar-refractivity contribution < 1.29 is 4.79 Å². The normalized spacial score (nSPS) is 21.5. The Morgan fingerprint density at radius 3 is 2.79 bits per heavy atom. The standard InChI is InChI=1S/C12H12ClN5O/c13-12(14)16-10-9(11(19)17-12)18(7-15-10)6-8-4-2-1-3-5-8/h1-5,7,16H,6,14H2,(H,17,19). The van der Waals surface area contributed by atoms with Gasteiger partial charge in [-0.15, -0.1) is 0 Å². The van der Waals surface area contributed by atoms with Crippen molar-refractivity contribution >= 4 is 23.3 Å². The summed E-state index contributed by atoms with van der Waals surface area (Å²) >= 11 is 5.85. The second kappa shape index (κ2) is 4.25. The topological polar surface area (TPSA) is 85.0 Å². The first-order valence-electron chi connectivity index (χ1n) is 5.73. The van der Waals surface area contributed by atoms with Crippen LogP contribution in [0.2, 0.25) is 0 Å². The lowest BCUT2D eigenvalue weighted by molar-refractivity contribution is 0.0919. The predicted octanol–water partition coefficient (Wildman–Crippen LogP) is 0.895. The zero-order valence-electron chi connectivity index (χ0n) is 9.93. The van der Waals surface area contributed by atoms with Crippen molar-refractivity contribution in [3.05, 3.63) is 47.9 Å². The number of aromatic nitrogens is 2. The lowest BCUT2D eigenvalue weighted by atomic mass is 10.2. The van der Waals surface area contributed by atoms with Gasteiger partial charge in [-0.2, -0.15) is 0 Å². The van der Waals surface area contributed by atoms with Gasteiger partial charge < -0.3 is 15.2 Å². The van der Waals surface area contributed by atoms with Crippen LogP contribution < -0.4 is 16.4 Å². The number of rotatable bonds is 2. The molecule has 7 heteroatoms. The van der Waals surface area contributed by atoms with Gasteiger partial charge >= 0.3 is 0 Å². The molecule has 0 spiro atoms. The molecule has 0 saturated carbocycles. The number of alkyl halides is 1. The fourth-order valence-electron chi connectivity index (χ4n) is 2.04. The summed E-state index contributed by atoms with van der Waals surface area (Å²) in [4.78, 5) is 16.1. The van der Waals surface area contributed by atoms with Crippen molar-refractivity contribution in [1.82, 2.24) is 14.9 Å². The van der Waals surface area contributed by atoms with Crippen molar-refractivity contribution in [3.8, 4) is 0 Å². The van der Waals surface area contributed by atoms with Crippen molar-refractivity contribution in [3.63, 3.8) is 0 Å². The number of nitrogens with one attached hydrogen (secondary N) is 2. The largest absolute Gasteiger partial charge is 0.320 e. The number of fused-ring (bicyclic) bond motifs is 1. The number of hydrogen-bond acceptors (Lipinski definition) is 4. The van der Waals surface area contributed by atoms with Crippen molar-refractivity contribution in [1.29, 1.82) is 0 Å². The SMILES string of the molecule is NC1(Cl)NC(=O)c2c(ncn2Cc2ccccc2)N1. The quantitative estimate of drug-likeness (QED) is 0.562. The number of nitrogens with two attached hydrogens (primary N) is 1. The molecule has 19 heavy (non-hydrogen) atoms. The van der Waals surface area contributed by atoms with Gasteiger partial charge in [-0.3, -0.25) is 10.5 Å². The number of halogens is 1. The first-order valence-corrected chi connectivity index (χ1v) is 6.10. The number of carbonyl (C=O) groups excluding carboxylic acids is 1. The van der Waals surface area contributed by atoms with Crippen LogP contribution in [-0.4, -0.2) is 20.7 Å². The highest BCUT2D eigenvalue weighted by Crippen LogP contribution is 2.23. The molecule has 0 saturated heterocycles. The van der Waals surface area contributed by atoms with E-state index in [1.165, 1.54) is 0 Å². The molecule has 1 aromatic carbocycles. The highest BCUT2D eigenvalue weighted by atomic mass is 35.5. The van der Waals surface area contributed by atoms with Crippen LogP contribution >= 0.6 is 11.6 Å². The zero-order chi connectivity index (χ0) is 13.5. The summed E-state index contributed by atoms with van der Waals surface area (Å²) in [7, 11) is 0. The second-order valence-corrected chi connectivity index (χ2v) is 4.94. The fraction of sp³-hybridized carbons (Fsp3) is 0.167. The minimum absolute atomic E-state index is 0.348. The average molecular weight is 278 g/mol. The van der Waals surface area contributed by atoms with Crippen LogP contribution in [0.3, 0.4) is 0 Å². The minimum Gasteiger partial charge on any atom is -0.320 e. The Bertz CT molecular complexity index is 622. The average Bonchev–Trinajstić information content (AvgIpc) is 2.72. The first-order chi connectivity index (χ1) is 9.05. The first kappa shape index (κ1) is 12.0. The highest BCUT2D eigenvalue weighted by molar-refractivity contribution is 6.26. The third-order valence-corrected chi connectivity index (χ3v) is 3.03. The molecule has 0 bridgehead atoms. The third kappa shape index (κ3) is 2.27. The summed E-state index contributed by atoms with van der Waals surface area (Å²) in [6.45, 7) is 0.554. The lowest BCUT2D eigenvalue weighted by Crippen LogP contribution is -2.60. The van der Waals surface area contributed by atoms with Crippen LogP contribution in [0.1, 0.15) is 16.1 Å². The van der Waals surface area contributed by atoms with Crippen LogP contribution in [0, 0.1) is 0 Å². The van der Waals surface area contributed by atoms with E-state index in [1.807, 2.05) is 30.3 Å². The van der Waals surface area contributed by atoms with Gasteiger partial charge in [0.2, 0.25) is 5.25 Å². The van der Waals surface area contributed by atoms with E-state index in [1.54, 1.807) is 10.9 Å². The van der Waals surface area contributed by atoms with Gasteiger partial charge in [0, 0.05) is 6.54 Å². The van der Waals surface area contributed by atoms with E-state index in [2.05, 4.69) is 15.6 Å². The summed E-state index contributed by atoms with van der Waals surface area (Å²) in [5.41, 5.74) is 7.11. The maximum atomic E-state index is 12.0. The van der Waals surface area contributed by atoms with Crippen LogP contribution in [-0.2, 0) is 6.54 Å². The summed E-state index contributed by atoms with van der Waals surface area (Å²) in [5, 5.41) is 3.72. The molecule has 1 aromatic heterocycles. The van der Waals surface area contributed by atoms with Gasteiger partial charge in [0.15, 0.2) is 11.5 Å². The monoisotopic (exact) mass is 277 g/mol. The Labute approximate surface area is 114 Å². The van der Waals surface area contributed by atoms with Crippen molar-refractivity contribution in [2.75, 3.05) is 5.32 Å². The Hall–Kier alpha value is -2.05. The molecule has 0 aliphatic carbocycles. The molecular weight excluding hydrogens is 266 g/mol. The number of amides is 1. The van der Waals surface area contributed by atoms with E-state index in [4.69, 9.17) is 17.3 Å². The second-order valence-electron chi connectivity index (χ2n) is 4.35. The summed E-state index contributed by atoms with van der Waals surface area (Å²) in [5.74, 6) is 0.0388. The van der Waals surface area contributed by atoms with Gasteiger partial charge in [-0.05, 0) is 5.56 Å². The van der Waals surface area contributed by atoms with E-state index in [0.717, 1.165) is 5.56 Å². The van der Waals surface area contributed by atoms with Crippen LogP contribution in [0.5, 0.6) is 0 Å². The van der Waals surface area contributed by atoms with E-state index in [-0.39, 0.29) is 5.91 Å². The Balaban J connectivity index is 1.94. The highest BCUT2D eigenvalue weighted by Gasteiger charge is 2.35. The van der Waals surface area contributed by atoms with Gasteiger partial charge in [-0.25, -0.2) is 4.98 Å². The molecule has 0 radical (unpaired) electrons. The summed E-state index contributed by atoms with van der Waals surface area (Å²) in [6, 6.07) is 9.80. The Morgan fingerprint density at radius 2 is 2.05 bits per heavy atom. The summed E-state index contributed by atoms with van der Waals surface area (Å²) in [6.07, 6.45) is 1.59. The van der Waals surface area contributed by atoms with E-state index in [9.17, 15) is 4.79 Å². The van der Waals surface area contributed by atoms with E-state index < -0.39 is 5.25 Å². The lowest BCUT2D eigenvalue weighted by Gasteiger charge is -2.29. The van der Waals surface area contributed by atoms with E-state index in [0.29, 0.717) is 18.1 Å². The molecular formula is C12H12ClN5O. The maximum absolute atomic E-state index is 12.0. The van der Waals surface area contributed by atoms with Gasteiger partial charge in [0.25, 0.3) is 5.91 Å². The fourth-order valence-corrected chi connectivity index (χ4v) is 2.22. The Morgan fingerprint density at radius 1 is 1.32 bits per heavy atom. The predicted molar refractivity (Wildman–Crippen MR) is 71.6 cm³/mol. The van der Waals surface area contributed by atoms with Crippen molar-refractivity contribution in [2.45, 2.75) is 11.8 Å². The van der Waals surface area contributed by atoms with E-state index >= 15 is 0 Å². The molecule has 1 unspecified atom stereocenters. The minimum atomic E-state index is -1.49. The number of anilines is 1. The molecule has 2 aromatic rings. The van der Waals surface area contributed by atoms with Gasteiger partial charge in [0.1, 0.15) is 0 Å².